The molecule has 0 bridgehead atoms. The summed E-state index contributed by atoms with van der Waals surface area (Å²) in [6, 6.07) is 0. The van der Waals surface area contributed by atoms with Crippen molar-refractivity contribution in [2.45, 2.75) is 59.0 Å². The molecule has 0 saturated heterocycles. The Morgan fingerprint density at radius 2 is 1.38 bits per heavy atom. The van der Waals surface area contributed by atoms with Crippen LogP contribution in [0.4, 0.5) is 0 Å². The van der Waals surface area contributed by atoms with E-state index in [4.69, 9.17) is 0 Å². The van der Waals surface area contributed by atoms with Gasteiger partial charge in [0.1, 0.15) is 0 Å². The van der Waals surface area contributed by atoms with Gasteiger partial charge in [-0.05, 0) is 37.8 Å². The normalized spacial score (nSPS) is 17.2. The monoisotopic (exact) mass is 244 g/mol. The van der Waals surface area contributed by atoms with Crippen molar-refractivity contribution in [3.8, 4) is 0 Å². The zero-order valence-corrected chi connectivity index (χ0v) is 13.9. The van der Waals surface area contributed by atoms with Crippen LogP contribution in [0.1, 0.15) is 48.5 Å². The molecule has 0 fully saturated rings. The summed E-state index contributed by atoms with van der Waals surface area (Å²) in [5, 5.41) is 0.372. The zero-order valence-electron chi connectivity index (χ0n) is 12.9. The van der Waals surface area contributed by atoms with E-state index in [1.54, 1.807) is 0 Å². The molecule has 2 nitrogen and oxygen atoms in total. The summed E-state index contributed by atoms with van der Waals surface area (Å²) < 4.78 is 5.28. The molecule has 0 rings (SSSR count). The molecule has 0 saturated carbocycles. The predicted octanol–water partition coefficient (Wildman–Crippen LogP) is 3.54. The first kappa shape index (κ1) is 16.1. The third kappa shape index (κ3) is 2.52. The van der Waals surface area contributed by atoms with Crippen molar-refractivity contribution in [3.05, 3.63) is 0 Å². The number of hydrogen-bond donors (Lipinski definition) is 0. The van der Waals surface area contributed by atoms with Gasteiger partial charge in [0.25, 0.3) is 0 Å². The number of nitrogens with zero attached hydrogens (tertiary/aromatic N) is 2. The molecule has 0 spiro atoms. The molecular formula is C13H32N2Si. The summed E-state index contributed by atoms with van der Waals surface area (Å²) >= 11 is 0. The Balaban J connectivity index is 5.62. The van der Waals surface area contributed by atoms with Crippen molar-refractivity contribution in [1.29, 1.82) is 0 Å². The van der Waals surface area contributed by atoms with Crippen molar-refractivity contribution in [2.24, 2.45) is 0 Å². The van der Waals surface area contributed by atoms with Crippen LogP contribution in [0, 0.1) is 0 Å². The van der Waals surface area contributed by atoms with Gasteiger partial charge in [0, 0.05) is 0 Å². The van der Waals surface area contributed by atoms with Crippen LogP contribution in [0.3, 0.4) is 0 Å². The van der Waals surface area contributed by atoms with Gasteiger partial charge in [-0.15, -0.1) is 0 Å². The molecular weight excluding hydrogens is 212 g/mol. The average Bonchev–Trinajstić information content (AvgIpc) is 2.09. The lowest BCUT2D eigenvalue weighted by Crippen LogP contribution is -2.70. The highest BCUT2D eigenvalue weighted by molar-refractivity contribution is 6.78. The second-order valence-electron chi connectivity index (χ2n) is 6.20. The minimum Gasteiger partial charge on any atom is -0.317 e. The summed E-state index contributed by atoms with van der Waals surface area (Å²) in [6.07, 6.45) is 0. The van der Waals surface area contributed by atoms with E-state index < -0.39 is 8.40 Å². The third-order valence-corrected chi connectivity index (χ3v) is 10.6. The quantitative estimate of drug-likeness (QED) is 0.683. The Morgan fingerprint density at radius 3 is 1.44 bits per heavy atom. The van der Waals surface area contributed by atoms with Crippen molar-refractivity contribution < 1.29 is 0 Å². The maximum absolute atomic E-state index is 2.73. The van der Waals surface area contributed by atoms with Crippen LogP contribution >= 0.6 is 0 Å². The van der Waals surface area contributed by atoms with Gasteiger partial charge in [-0.2, -0.15) is 0 Å². The van der Waals surface area contributed by atoms with Crippen LogP contribution in [-0.4, -0.2) is 44.7 Å². The van der Waals surface area contributed by atoms with Crippen molar-refractivity contribution in [1.82, 2.24) is 9.13 Å². The largest absolute Gasteiger partial charge is 0.317 e. The van der Waals surface area contributed by atoms with Crippen molar-refractivity contribution in [2.75, 3.05) is 27.2 Å². The molecule has 1 atom stereocenters. The van der Waals surface area contributed by atoms with Gasteiger partial charge >= 0.3 is 0 Å². The molecule has 0 N–H and O–H groups in total. The Morgan fingerprint density at radius 1 is 1.00 bits per heavy atom. The molecule has 0 aromatic carbocycles. The van der Waals surface area contributed by atoms with Crippen LogP contribution in [0.5, 0.6) is 0 Å². The maximum atomic E-state index is 2.73. The van der Waals surface area contributed by atoms with Crippen LogP contribution in [0.25, 0.3) is 0 Å². The van der Waals surface area contributed by atoms with Gasteiger partial charge in [-0.25, -0.2) is 0 Å². The highest BCUT2D eigenvalue weighted by atomic mass is 28.4. The lowest BCUT2D eigenvalue weighted by atomic mass is 10.2. The summed E-state index contributed by atoms with van der Waals surface area (Å²) in [4.78, 5) is 0. The lowest BCUT2D eigenvalue weighted by molar-refractivity contribution is 0.347. The van der Waals surface area contributed by atoms with Crippen LogP contribution < -0.4 is 0 Å². The predicted molar refractivity (Wildman–Crippen MR) is 77.2 cm³/mol. The molecule has 0 amide bonds. The molecule has 0 aromatic heterocycles. The Labute approximate surface area is 104 Å². The van der Waals surface area contributed by atoms with Crippen LogP contribution in [0.2, 0.25) is 10.6 Å². The van der Waals surface area contributed by atoms with Gasteiger partial charge in [0.2, 0.25) is 8.40 Å². The highest BCUT2D eigenvalue weighted by Gasteiger charge is 2.53. The van der Waals surface area contributed by atoms with Crippen LogP contribution in [-0.2, 0) is 0 Å². The number of hydrogen-bond acceptors (Lipinski definition) is 2. The summed E-state index contributed by atoms with van der Waals surface area (Å²) in [5.74, 6) is 0. The van der Waals surface area contributed by atoms with E-state index in [0.29, 0.717) is 5.04 Å². The first-order valence-corrected chi connectivity index (χ1v) is 8.55. The fraction of sp³-hybridized carbons (Fsp3) is 1.00. The second-order valence-corrected chi connectivity index (χ2v) is 11.8. The summed E-state index contributed by atoms with van der Waals surface area (Å²) in [7, 11) is 2.93. The van der Waals surface area contributed by atoms with Crippen LogP contribution in [0.15, 0.2) is 0 Å². The van der Waals surface area contributed by atoms with Gasteiger partial charge < -0.3 is 9.13 Å². The topological polar surface area (TPSA) is 6.48 Å². The second kappa shape index (κ2) is 5.65. The van der Waals surface area contributed by atoms with E-state index in [1.807, 2.05) is 0 Å². The van der Waals surface area contributed by atoms with E-state index in [2.05, 4.69) is 71.7 Å². The molecule has 0 aromatic rings. The van der Waals surface area contributed by atoms with E-state index in [0.717, 1.165) is 18.6 Å². The zero-order chi connectivity index (χ0) is 13.1. The van der Waals surface area contributed by atoms with Crippen molar-refractivity contribution in [3.63, 3.8) is 0 Å². The third-order valence-electron chi connectivity index (χ3n) is 3.84. The Hall–Kier alpha value is 0.137. The molecule has 0 radical (unpaired) electrons. The molecule has 0 heterocycles. The molecule has 98 valence electrons. The molecule has 0 aliphatic heterocycles. The maximum Gasteiger partial charge on any atom is 0.214 e. The number of rotatable bonds is 5. The Kier molecular flexibility index (Phi) is 5.70. The molecule has 0 aliphatic rings. The highest BCUT2D eigenvalue weighted by Crippen LogP contribution is 2.46. The summed E-state index contributed by atoms with van der Waals surface area (Å²) in [5.41, 5.74) is 0.738. The fourth-order valence-corrected chi connectivity index (χ4v) is 11.2. The minimum absolute atomic E-state index is 0.372. The minimum atomic E-state index is -1.61. The van der Waals surface area contributed by atoms with E-state index in [9.17, 15) is 0 Å². The lowest BCUT2D eigenvalue weighted by Gasteiger charge is -2.56. The Bertz CT molecular complexity index is 194. The summed E-state index contributed by atoms with van der Waals surface area (Å²) in [6.45, 7) is 19.0. The standard InChI is InChI=1S/C13H32N2Si/c1-10-15(11-2)16(12(3)4,14(8)9)13(5,6)7/h12H,10-11H2,1-9H3. The van der Waals surface area contributed by atoms with Gasteiger partial charge in [0.05, 0.1) is 0 Å². The van der Waals surface area contributed by atoms with Gasteiger partial charge in [0.15, 0.2) is 0 Å². The molecule has 16 heavy (non-hydrogen) atoms. The first-order chi connectivity index (χ1) is 7.16. The molecule has 1 unspecified atom stereocenters. The fourth-order valence-electron chi connectivity index (χ4n) is 3.88. The molecule has 0 aliphatic carbocycles. The van der Waals surface area contributed by atoms with Crippen molar-refractivity contribution >= 4 is 8.40 Å². The van der Waals surface area contributed by atoms with Gasteiger partial charge in [-0.3, -0.25) is 0 Å². The average molecular weight is 244 g/mol. The smallest absolute Gasteiger partial charge is 0.214 e. The van der Waals surface area contributed by atoms with Gasteiger partial charge in [-0.1, -0.05) is 48.5 Å². The van der Waals surface area contributed by atoms with E-state index >= 15 is 0 Å². The van der Waals surface area contributed by atoms with E-state index in [-0.39, 0.29) is 0 Å². The molecule has 3 heteroatoms. The first-order valence-electron chi connectivity index (χ1n) is 6.58. The SMILES string of the molecule is CCN(CC)[Si](C(C)C)(N(C)C)C(C)(C)C. The van der Waals surface area contributed by atoms with E-state index in [1.165, 1.54) is 0 Å².